The maximum Gasteiger partial charge on any atom is 0.233 e. The van der Waals surface area contributed by atoms with Gasteiger partial charge in [0.15, 0.2) is 5.15 Å². The fraction of sp³-hybridized carbons (Fsp3) is 0.385. The van der Waals surface area contributed by atoms with Gasteiger partial charge in [-0.05, 0) is 12.1 Å². The van der Waals surface area contributed by atoms with Gasteiger partial charge in [0.05, 0.1) is 23.3 Å². The lowest BCUT2D eigenvalue weighted by atomic mass is 10.0. The lowest BCUT2D eigenvalue weighted by molar-refractivity contribution is 0.0551. The maximum absolute atomic E-state index is 5.92. The molecule has 0 radical (unpaired) electrons. The van der Waals surface area contributed by atoms with Crippen LogP contribution in [0.1, 0.15) is 4.88 Å². The van der Waals surface area contributed by atoms with Crippen molar-refractivity contribution >= 4 is 34.5 Å². The Balaban J connectivity index is 1.40. The number of thiophene rings is 1. The van der Waals surface area contributed by atoms with E-state index in [-0.39, 0.29) is 0 Å². The summed E-state index contributed by atoms with van der Waals surface area (Å²) in [5.74, 6) is 1.02. The van der Waals surface area contributed by atoms with Crippen LogP contribution in [0.2, 0.25) is 9.49 Å². The van der Waals surface area contributed by atoms with Gasteiger partial charge < -0.3 is 4.74 Å². The van der Waals surface area contributed by atoms with Crippen molar-refractivity contribution in [1.82, 2.24) is 14.9 Å². The Morgan fingerprint density at radius 3 is 2.85 bits per heavy atom. The predicted octanol–water partition coefficient (Wildman–Crippen LogP) is 3.36. The van der Waals surface area contributed by atoms with Crippen LogP contribution in [-0.4, -0.2) is 34.6 Å². The second-order valence-electron chi connectivity index (χ2n) is 4.76. The molecule has 7 heteroatoms. The van der Waals surface area contributed by atoms with E-state index in [1.54, 1.807) is 17.5 Å². The van der Waals surface area contributed by atoms with E-state index in [4.69, 9.17) is 27.9 Å². The molecular weight excluding hydrogens is 317 g/mol. The summed E-state index contributed by atoms with van der Waals surface area (Å²) in [4.78, 5) is 11.7. The molecule has 3 heterocycles. The van der Waals surface area contributed by atoms with E-state index in [1.807, 2.05) is 6.07 Å². The average molecular weight is 330 g/mol. The van der Waals surface area contributed by atoms with Crippen LogP contribution in [0.15, 0.2) is 24.5 Å². The molecule has 0 unspecified atom stereocenters. The highest BCUT2D eigenvalue weighted by Crippen LogP contribution is 2.26. The number of halogens is 2. The summed E-state index contributed by atoms with van der Waals surface area (Å²) in [5, 5.41) is 0.354. The molecule has 0 aliphatic carbocycles. The van der Waals surface area contributed by atoms with Gasteiger partial charge in [0.1, 0.15) is 0 Å². The third kappa shape index (κ3) is 3.61. The second kappa shape index (κ2) is 6.26. The number of aromatic nitrogens is 2. The summed E-state index contributed by atoms with van der Waals surface area (Å²) in [5.41, 5.74) is 0. The van der Waals surface area contributed by atoms with E-state index >= 15 is 0 Å². The lowest BCUT2D eigenvalue weighted by Gasteiger charge is -2.38. The Morgan fingerprint density at radius 1 is 1.30 bits per heavy atom. The standard InChI is InChI=1S/C13H13Cl2N3OS/c14-11-3-16-4-13(17-11)19-8-9-5-18(6-9)7-10-1-2-12(15)20-10/h1-4,9H,5-8H2. The predicted molar refractivity (Wildman–Crippen MR) is 80.6 cm³/mol. The van der Waals surface area contributed by atoms with Gasteiger partial charge in [-0.25, -0.2) is 0 Å². The molecular formula is C13H13Cl2N3OS. The summed E-state index contributed by atoms with van der Waals surface area (Å²) in [6.45, 7) is 3.68. The van der Waals surface area contributed by atoms with Crippen molar-refractivity contribution in [3.8, 4) is 5.88 Å². The number of likely N-dealkylation sites (tertiary alicyclic amines) is 1. The zero-order valence-electron chi connectivity index (χ0n) is 10.6. The normalized spacial score (nSPS) is 16.1. The highest BCUT2D eigenvalue weighted by Gasteiger charge is 2.27. The Kier molecular flexibility index (Phi) is 4.41. The van der Waals surface area contributed by atoms with Gasteiger partial charge in [0.25, 0.3) is 0 Å². The third-order valence-corrected chi connectivity index (χ3v) is 4.49. The summed E-state index contributed by atoms with van der Waals surface area (Å²) in [7, 11) is 0. The van der Waals surface area contributed by atoms with Gasteiger partial charge in [-0.3, -0.25) is 9.88 Å². The van der Waals surface area contributed by atoms with Crippen LogP contribution in [0.3, 0.4) is 0 Å². The molecule has 0 amide bonds. The highest BCUT2D eigenvalue weighted by atomic mass is 35.5. The SMILES string of the molecule is Clc1cncc(OCC2CN(Cc3ccc(Cl)s3)C2)n1. The zero-order chi connectivity index (χ0) is 13.9. The van der Waals surface area contributed by atoms with E-state index in [9.17, 15) is 0 Å². The molecule has 3 rings (SSSR count). The largest absolute Gasteiger partial charge is 0.476 e. The number of nitrogens with zero attached hydrogens (tertiary/aromatic N) is 3. The van der Waals surface area contributed by atoms with Crippen LogP contribution < -0.4 is 4.74 Å². The molecule has 20 heavy (non-hydrogen) atoms. The molecule has 1 aliphatic heterocycles. The summed E-state index contributed by atoms with van der Waals surface area (Å²) in [6, 6.07) is 4.03. The van der Waals surface area contributed by atoms with Crippen molar-refractivity contribution < 1.29 is 4.74 Å². The summed E-state index contributed by atoms with van der Waals surface area (Å²) < 4.78 is 6.44. The quantitative estimate of drug-likeness (QED) is 0.843. The Hall–Kier alpha value is -0.880. The Bertz CT molecular complexity index is 587. The van der Waals surface area contributed by atoms with Gasteiger partial charge in [0, 0.05) is 30.4 Å². The lowest BCUT2D eigenvalue weighted by Crippen LogP contribution is -2.48. The smallest absolute Gasteiger partial charge is 0.233 e. The summed E-state index contributed by atoms with van der Waals surface area (Å²) in [6.07, 6.45) is 3.07. The highest BCUT2D eigenvalue weighted by molar-refractivity contribution is 7.16. The third-order valence-electron chi connectivity index (χ3n) is 3.09. The van der Waals surface area contributed by atoms with Gasteiger partial charge in [-0.2, -0.15) is 4.98 Å². The van der Waals surface area contributed by atoms with Crippen LogP contribution in [0, 0.1) is 5.92 Å². The molecule has 0 saturated carbocycles. The van der Waals surface area contributed by atoms with Crippen LogP contribution >= 0.6 is 34.5 Å². The molecule has 1 aliphatic rings. The van der Waals surface area contributed by atoms with Crippen molar-refractivity contribution in [3.05, 3.63) is 38.9 Å². The van der Waals surface area contributed by atoms with Crippen LogP contribution in [0.5, 0.6) is 5.88 Å². The molecule has 4 nitrogen and oxygen atoms in total. The monoisotopic (exact) mass is 329 g/mol. The van der Waals surface area contributed by atoms with Gasteiger partial charge >= 0.3 is 0 Å². The first-order valence-corrected chi connectivity index (χ1v) is 7.83. The molecule has 2 aromatic rings. The number of hydrogen-bond acceptors (Lipinski definition) is 5. The number of hydrogen-bond donors (Lipinski definition) is 0. The van der Waals surface area contributed by atoms with Crippen LogP contribution in [0.25, 0.3) is 0 Å². The maximum atomic E-state index is 5.92. The van der Waals surface area contributed by atoms with Crippen molar-refractivity contribution in [3.63, 3.8) is 0 Å². The zero-order valence-corrected chi connectivity index (χ0v) is 13.0. The topological polar surface area (TPSA) is 38.2 Å². The minimum Gasteiger partial charge on any atom is -0.476 e. The van der Waals surface area contributed by atoms with Crippen molar-refractivity contribution in [1.29, 1.82) is 0 Å². The number of rotatable bonds is 5. The van der Waals surface area contributed by atoms with Gasteiger partial charge in [0.2, 0.25) is 5.88 Å². The molecule has 0 atom stereocenters. The van der Waals surface area contributed by atoms with Crippen molar-refractivity contribution in [2.45, 2.75) is 6.54 Å². The fourth-order valence-corrected chi connectivity index (χ4v) is 3.44. The molecule has 0 bridgehead atoms. The van der Waals surface area contributed by atoms with E-state index in [0.717, 1.165) is 24.0 Å². The van der Waals surface area contributed by atoms with E-state index < -0.39 is 0 Å². The van der Waals surface area contributed by atoms with Crippen molar-refractivity contribution in [2.24, 2.45) is 5.92 Å². The van der Waals surface area contributed by atoms with Gasteiger partial charge in [-0.1, -0.05) is 23.2 Å². The van der Waals surface area contributed by atoms with Gasteiger partial charge in [-0.15, -0.1) is 11.3 Å². The second-order valence-corrected chi connectivity index (χ2v) is 6.94. The first-order chi connectivity index (χ1) is 9.69. The molecule has 0 N–H and O–H groups in total. The molecule has 1 fully saturated rings. The first-order valence-electron chi connectivity index (χ1n) is 6.26. The van der Waals surface area contributed by atoms with E-state index in [0.29, 0.717) is 23.6 Å². The molecule has 2 aromatic heterocycles. The minimum atomic E-state index is 0.354. The Labute approximate surface area is 131 Å². The Morgan fingerprint density at radius 2 is 2.15 bits per heavy atom. The minimum absolute atomic E-state index is 0.354. The van der Waals surface area contributed by atoms with E-state index in [1.165, 1.54) is 11.1 Å². The first kappa shape index (κ1) is 14.1. The average Bonchev–Trinajstić information content (AvgIpc) is 2.78. The van der Waals surface area contributed by atoms with Crippen LogP contribution in [0.4, 0.5) is 0 Å². The molecule has 106 valence electrons. The summed E-state index contributed by atoms with van der Waals surface area (Å²) >= 11 is 13.3. The molecule has 0 spiro atoms. The van der Waals surface area contributed by atoms with E-state index in [2.05, 4.69) is 20.9 Å². The molecule has 0 aromatic carbocycles. The molecule has 1 saturated heterocycles. The fourth-order valence-electron chi connectivity index (χ4n) is 2.17. The van der Waals surface area contributed by atoms with Crippen molar-refractivity contribution in [2.75, 3.05) is 19.7 Å². The number of ether oxygens (including phenoxy) is 1. The van der Waals surface area contributed by atoms with Crippen LogP contribution in [-0.2, 0) is 6.54 Å².